The molecule has 7 atom stereocenters. The predicted octanol–water partition coefficient (Wildman–Crippen LogP) is 3.46. The first-order valence-electron chi connectivity index (χ1n) is 9.86. The maximum absolute atomic E-state index is 11.9. The molecule has 3 aliphatic rings. The van der Waals surface area contributed by atoms with E-state index in [1.54, 1.807) is 0 Å². The number of rotatable bonds is 3. The number of esters is 1. The van der Waals surface area contributed by atoms with Crippen molar-refractivity contribution in [3.05, 3.63) is 12.2 Å². The van der Waals surface area contributed by atoms with Gasteiger partial charge in [0.15, 0.2) is 0 Å². The van der Waals surface area contributed by atoms with E-state index in [0.29, 0.717) is 12.3 Å². The highest BCUT2D eigenvalue weighted by Gasteiger charge is 2.58. The van der Waals surface area contributed by atoms with Gasteiger partial charge in [-0.2, -0.15) is 0 Å². The summed E-state index contributed by atoms with van der Waals surface area (Å²) in [6.07, 6.45) is 5.99. The van der Waals surface area contributed by atoms with Crippen molar-refractivity contribution in [3.8, 4) is 0 Å². The van der Waals surface area contributed by atoms with E-state index in [4.69, 9.17) is 4.74 Å². The van der Waals surface area contributed by atoms with Crippen LogP contribution in [0.2, 0.25) is 0 Å². The molecular weight excluding hydrogens is 316 g/mol. The molecule has 0 radical (unpaired) electrons. The average molecular weight is 350 g/mol. The van der Waals surface area contributed by atoms with E-state index in [9.17, 15) is 15.0 Å². The number of aliphatic hydroxyl groups is 2. The Morgan fingerprint density at radius 2 is 1.96 bits per heavy atom. The zero-order valence-corrected chi connectivity index (χ0v) is 16.0. The van der Waals surface area contributed by atoms with Gasteiger partial charge < -0.3 is 14.9 Å². The Hall–Kier alpha value is -0.870. The first-order valence-corrected chi connectivity index (χ1v) is 9.86. The van der Waals surface area contributed by atoms with E-state index in [0.717, 1.165) is 38.5 Å². The van der Waals surface area contributed by atoms with Gasteiger partial charge in [-0.05, 0) is 61.7 Å². The van der Waals surface area contributed by atoms with Crippen LogP contribution in [0.15, 0.2) is 12.2 Å². The van der Waals surface area contributed by atoms with Crippen molar-refractivity contribution in [1.82, 2.24) is 0 Å². The number of carbonyl (C=O) groups is 1. The maximum Gasteiger partial charge on any atom is 0.302 e. The van der Waals surface area contributed by atoms with Crippen LogP contribution in [0, 0.1) is 28.6 Å². The monoisotopic (exact) mass is 350 g/mol. The fourth-order valence-corrected chi connectivity index (χ4v) is 6.21. The average Bonchev–Trinajstić information content (AvgIpc) is 2.85. The van der Waals surface area contributed by atoms with Gasteiger partial charge in [-0.3, -0.25) is 4.79 Å². The zero-order chi connectivity index (χ0) is 18.4. The number of carbonyl (C=O) groups excluding carboxylic acids is 1. The first-order chi connectivity index (χ1) is 11.7. The molecule has 2 N–H and O–H groups in total. The zero-order valence-electron chi connectivity index (χ0n) is 16.0. The number of aliphatic hydroxyl groups excluding tert-OH is 2. The van der Waals surface area contributed by atoms with Crippen molar-refractivity contribution in [2.24, 2.45) is 28.6 Å². The summed E-state index contributed by atoms with van der Waals surface area (Å²) in [7, 11) is 0. The van der Waals surface area contributed by atoms with Crippen LogP contribution in [0.5, 0.6) is 0 Å². The first kappa shape index (κ1) is 18.9. The predicted molar refractivity (Wildman–Crippen MR) is 96.8 cm³/mol. The quantitative estimate of drug-likeness (QED) is 0.604. The van der Waals surface area contributed by atoms with Crippen LogP contribution in [-0.4, -0.2) is 35.0 Å². The molecule has 3 rings (SSSR count). The molecule has 0 amide bonds. The second kappa shape index (κ2) is 6.70. The fraction of sp³-hybridized carbons (Fsp3) is 0.857. The van der Waals surface area contributed by atoms with Gasteiger partial charge >= 0.3 is 5.97 Å². The smallest absolute Gasteiger partial charge is 0.302 e. The highest BCUT2D eigenvalue weighted by Crippen LogP contribution is 2.61. The SMILES string of the molecule is C=C1CCC2[C@H](OC(C)=O)C([C@@]3(C)CC[C@H](O)C[C@@H]3CO)CC[C@]12C. The highest BCUT2D eigenvalue weighted by molar-refractivity contribution is 5.66. The summed E-state index contributed by atoms with van der Waals surface area (Å²) in [5, 5.41) is 20.1. The molecule has 3 aliphatic carbocycles. The Balaban J connectivity index is 1.94. The minimum absolute atomic E-state index is 0.0632. The van der Waals surface area contributed by atoms with E-state index in [1.807, 2.05) is 0 Å². The third-order valence-electron chi connectivity index (χ3n) is 8.03. The van der Waals surface area contributed by atoms with Gasteiger partial charge in [0.25, 0.3) is 0 Å². The number of fused-ring (bicyclic) bond motifs is 1. The minimum atomic E-state index is -0.322. The lowest BCUT2D eigenvalue weighted by Gasteiger charge is -2.55. The van der Waals surface area contributed by atoms with Crippen molar-refractivity contribution >= 4 is 5.97 Å². The molecule has 3 saturated carbocycles. The van der Waals surface area contributed by atoms with Gasteiger partial charge in [-0.25, -0.2) is 0 Å². The van der Waals surface area contributed by atoms with Crippen LogP contribution in [0.25, 0.3) is 0 Å². The van der Waals surface area contributed by atoms with E-state index in [2.05, 4.69) is 20.4 Å². The highest BCUT2D eigenvalue weighted by atomic mass is 16.5. The number of ether oxygens (including phenoxy) is 1. The van der Waals surface area contributed by atoms with Crippen LogP contribution in [0.1, 0.15) is 65.7 Å². The largest absolute Gasteiger partial charge is 0.462 e. The topological polar surface area (TPSA) is 66.8 Å². The molecule has 4 heteroatoms. The van der Waals surface area contributed by atoms with Gasteiger partial charge in [0, 0.05) is 25.4 Å². The molecular formula is C21H34O4. The molecule has 0 aromatic carbocycles. The third kappa shape index (κ3) is 3.06. The van der Waals surface area contributed by atoms with Crippen molar-refractivity contribution in [2.75, 3.05) is 6.61 Å². The van der Waals surface area contributed by atoms with Crippen LogP contribution >= 0.6 is 0 Å². The molecule has 0 aromatic rings. The molecule has 0 saturated heterocycles. The van der Waals surface area contributed by atoms with E-state index >= 15 is 0 Å². The van der Waals surface area contributed by atoms with Gasteiger partial charge in [-0.15, -0.1) is 0 Å². The molecule has 0 spiro atoms. The Bertz CT molecular complexity index is 544. The lowest BCUT2D eigenvalue weighted by atomic mass is 9.52. The Labute approximate surface area is 151 Å². The standard InChI is InChI=1S/C21H34O4/c1-13-5-6-17-19(25-14(2)23)18(8-10-20(13,17)3)21(4)9-7-16(24)11-15(21)12-22/h15-19,22,24H,1,5-12H2,2-4H3/t15-,16+,17?,18?,19+,20-,21+/m1/s1. The van der Waals surface area contributed by atoms with Crippen LogP contribution in [-0.2, 0) is 9.53 Å². The molecule has 0 aromatic heterocycles. The van der Waals surface area contributed by atoms with Crippen molar-refractivity contribution in [2.45, 2.75) is 77.9 Å². The van der Waals surface area contributed by atoms with Crippen molar-refractivity contribution in [3.63, 3.8) is 0 Å². The summed E-state index contributed by atoms with van der Waals surface area (Å²) < 4.78 is 5.95. The lowest BCUT2D eigenvalue weighted by molar-refractivity contribution is -0.174. The molecule has 0 bridgehead atoms. The Morgan fingerprint density at radius 1 is 1.24 bits per heavy atom. The van der Waals surface area contributed by atoms with Crippen LogP contribution in [0.4, 0.5) is 0 Å². The maximum atomic E-state index is 11.9. The summed E-state index contributed by atoms with van der Waals surface area (Å²) in [5.74, 6) is 0.417. The molecule has 3 fully saturated rings. The second-order valence-corrected chi connectivity index (χ2v) is 9.20. The summed E-state index contributed by atoms with van der Waals surface area (Å²) in [6.45, 7) is 10.4. The summed E-state index contributed by atoms with van der Waals surface area (Å²) in [4.78, 5) is 11.9. The minimum Gasteiger partial charge on any atom is -0.462 e. The van der Waals surface area contributed by atoms with E-state index in [-0.39, 0.29) is 47.4 Å². The van der Waals surface area contributed by atoms with Crippen LogP contribution < -0.4 is 0 Å². The van der Waals surface area contributed by atoms with Crippen LogP contribution in [0.3, 0.4) is 0 Å². The number of hydrogen-bond acceptors (Lipinski definition) is 4. The summed E-state index contributed by atoms with van der Waals surface area (Å²) >= 11 is 0. The molecule has 25 heavy (non-hydrogen) atoms. The number of allylic oxidation sites excluding steroid dienone is 1. The van der Waals surface area contributed by atoms with Gasteiger partial charge in [0.05, 0.1) is 6.10 Å². The second-order valence-electron chi connectivity index (χ2n) is 9.20. The number of hydrogen-bond donors (Lipinski definition) is 2. The van der Waals surface area contributed by atoms with Gasteiger partial charge in [0.2, 0.25) is 0 Å². The van der Waals surface area contributed by atoms with Crippen molar-refractivity contribution in [1.29, 1.82) is 0 Å². The summed E-state index contributed by atoms with van der Waals surface area (Å²) in [5.41, 5.74) is 1.27. The lowest BCUT2D eigenvalue weighted by Crippen LogP contribution is -2.54. The Morgan fingerprint density at radius 3 is 2.60 bits per heavy atom. The normalized spacial score (nSPS) is 47.4. The molecule has 0 heterocycles. The van der Waals surface area contributed by atoms with Gasteiger partial charge in [0.1, 0.15) is 6.10 Å². The fourth-order valence-electron chi connectivity index (χ4n) is 6.21. The Kier molecular flexibility index (Phi) is 5.06. The molecule has 4 nitrogen and oxygen atoms in total. The van der Waals surface area contributed by atoms with E-state index in [1.165, 1.54) is 12.5 Å². The molecule has 142 valence electrons. The van der Waals surface area contributed by atoms with Gasteiger partial charge in [-0.1, -0.05) is 26.0 Å². The summed E-state index contributed by atoms with van der Waals surface area (Å²) in [6, 6.07) is 0. The third-order valence-corrected chi connectivity index (χ3v) is 8.03. The van der Waals surface area contributed by atoms with E-state index < -0.39 is 0 Å². The van der Waals surface area contributed by atoms with Crippen molar-refractivity contribution < 1.29 is 19.7 Å². The molecule has 0 aliphatic heterocycles. The molecule has 2 unspecified atom stereocenters.